The highest BCUT2D eigenvalue weighted by Gasteiger charge is 2.37. The Balaban J connectivity index is 1.99. The summed E-state index contributed by atoms with van der Waals surface area (Å²) >= 11 is 0. The fourth-order valence-electron chi connectivity index (χ4n) is 4.18. The standard InChI is InChI=1S/C17H32N2O/c1-13(2)11-15(12-18)17(20)19-10-6-9-16(19)14-7-4-3-5-8-14/h13-16H,3-12,18H2,1-2H3. The molecule has 1 aliphatic heterocycles. The van der Waals surface area contributed by atoms with Crippen LogP contribution in [0.15, 0.2) is 0 Å². The van der Waals surface area contributed by atoms with E-state index < -0.39 is 0 Å². The van der Waals surface area contributed by atoms with Crippen LogP contribution >= 0.6 is 0 Å². The Bertz CT molecular complexity index is 310. The number of amides is 1. The molecule has 116 valence electrons. The summed E-state index contributed by atoms with van der Waals surface area (Å²) in [5, 5.41) is 0. The monoisotopic (exact) mass is 280 g/mol. The van der Waals surface area contributed by atoms with Crippen LogP contribution in [0, 0.1) is 17.8 Å². The van der Waals surface area contributed by atoms with Gasteiger partial charge in [0.1, 0.15) is 0 Å². The number of nitrogens with two attached hydrogens (primary N) is 1. The Kier molecular flexibility index (Phi) is 5.88. The minimum atomic E-state index is 0.0409. The molecule has 0 aromatic rings. The molecule has 20 heavy (non-hydrogen) atoms. The molecule has 0 aromatic carbocycles. The van der Waals surface area contributed by atoms with Gasteiger partial charge >= 0.3 is 0 Å². The van der Waals surface area contributed by atoms with E-state index in [1.807, 2.05) is 0 Å². The van der Waals surface area contributed by atoms with Gasteiger partial charge in [0.05, 0.1) is 5.92 Å². The quantitative estimate of drug-likeness (QED) is 0.840. The van der Waals surface area contributed by atoms with E-state index in [-0.39, 0.29) is 5.92 Å². The lowest BCUT2D eigenvalue weighted by molar-refractivity contribution is -0.137. The van der Waals surface area contributed by atoms with Crippen molar-refractivity contribution in [2.75, 3.05) is 13.1 Å². The molecule has 2 unspecified atom stereocenters. The van der Waals surface area contributed by atoms with Crippen molar-refractivity contribution in [3.63, 3.8) is 0 Å². The maximum Gasteiger partial charge on any atom is 0.227 e. The van der Waals surface area contributed by atoms with E-state index in [2.05, 4.69) is 18.7 Å². The summed E-state index contributed by atoms with van der Waals surface area (Å²) in [5.74, 6) is 1.68. The van der Waals surface area contributed by atoms with Gasteiger partial charge in [0.25, 0.3) is 0 Å². The maximum absolute atomic E-state index is 12.8. The van der Waals surface area contributed by atoms with E-state index in [0.717, 1.165) is 18.9 Å². The van der Waals surface area contributed by atoms with E-state index in [0.29, 0.717) is 24.4 Å². The molecule has 2 fully saturated rings. The van der Waals surface area contributed by atoms with Gasteiger partial charge in [0.15, 0.2) is 0 Å². The molecule has 0 radical (unpaired) electrons. The Morgan fingerprint density at radius 3 is 2.45 bits per heavy atom. The molecule has 0 bridgehead atoms. The first-order chi connectivity index (χ1) is 9.63. The minimum Gasteiger partial charge on any atom is -0.339 e. The van der Waals surface area contributed by atoms with Crippen molar-refractivity contribution in [2.45, 2.75) is 71.3 Å². The SMILES string of the molecule is CC(C)CC(CN)C(=O)N1CCCC1C1CCCCC1. The lowest BCUT2D eigenvalue weighted by Gasteiger charge is -2.36. The van der Waals surface area contributed by atoms with Crippen molar-refractivity contribution in [1.29, 1.82) is 0 Å². The zero-order chi connectivity index (χ0) is 14.5. The lowest BCUT2D eigenvalue weighted by Crippen LogP contribution is -2.45. The molecular formula is C17H32N2O. The molecule has 2 rings (SSSR count). The third kappa shape index (κ3) is 3.75. The average Bonchev–Trinajstić information content (AvgIpc) is 2.94. The van der Waals surface area contributed by atoms with E-state index in [4.69, 9.17) is 5.73 Å². The van der Waals surface area contributed by atoms with Crippen LogP contribution in [0.5, 0.6) is 0 Å². The summed E-state index contributed by atoms with van der Waals surface area (Å²) in [6.45, 7) is 5.83. The van der Waals surface area contributed by atoms with Gasteiger partial charge in [0, 0.05) is 19.1 Å². The third-order valence-corrected chi connectivity index (χ3v) is 5.17. The molecule has 2 atom stereocenters. The lowest BCUT2D eigenvalue weighted by atomic mass is 9.82. The maximum atomic E-state index is 12.8. The van der Waals surface area contributed by atoms with E-state index in [9.17, 15) is 4.79 Å². The number of rotatable bonds is 5. The normalized spacial score (nSPS) is 26.2. The van der Waals surface area contributed by atoms with Crippen molar-refractivity contribution in [3.8, 4) is 0 Å². The minimum absolute atomic E-state index is 0.0409. The van der Waals surface area contributed by atoms with Crippen LogP contribution in [0.1, 0.15) is 65.2 Å². The summed E-state index contributed by atoms with van der Waals surface area (Å²) in [6, 6.07) is 0.518. The van der Waals surface area contributed by atoms with Crippen molar-refractivity contribution in [2.24, 2.45) is 23.5 Å². The van der Waals surface area contributed by atoms with Crippen LogP contribution in [-0.4, -0.2) is 29.9 Å². The van der Waals surface area contributed by atoms with Crippen LogP contribution in [0.4, 0.5) is 0 Å². The molecule has 2 N–H and O–H groups in total. The van der Waals surface area contributed by atoms with Gasteiger partial charge in [-0.15, -0.1) is 0 Å². The van der Waals surface area contributed by atoms with Gasteiger partial charge in [-0.25, -0.2) is 0 Å². The van der Waals surface area contributed by atoms with E-state index in [1.165, 1.54) is 44.9 Å². The van der Waals surface area contributed by atoms with Gasteiger partial charge in [-0.05, 0) is 43.9 Å². The van der Waals surface area contributed by atoms with Crippen molar-refractivity contribution in [3.05, 3.63) is 0 Å². The van der Waals surface area contributed by atoms with Crippen molar-refractivity contribution in [1.82, 2.24) is 4.90 Å². The number of nitrogens with zero attached hydrogens (tertiary/aromatic N) is 1. The predicted octanol–water partition coefficient (Wildman–Crippen LogP) is 3.18. The molecule has 1 amide bonds. The fraction of sp³-hybridized carbons (Fsp3) is 0.941. The summed E-state index contributed by atoms with van der Waals surface area (Å²) in [5.41, 5.74) is 5.87. The molecule has 2 aliphatic rings. The number of hydrogen-bond acceptors (Lipinski definition) is 2. The summed E-state index contributed by atoms with van der Waals surface area (Å²) < 4.78 is 0. The van der Waals surface area contributed by atoms with Crippen LogP contribution in [0.25, 0.3) is 0 Å². The van der Waals surface area contributed by atoms with Gasteiger partial charge in [-0.3, -0.25) is 4.79 Å². The average molecular weight is 280 g/mol. The van der Waals surface area contributed by atoms with Gasteiger partial charge in [0.2, 0.25) is 5.91 Å². The van der Waals surface area contributed by atoms with Crippen LogP contribution in [-0.2, 0) is 4.79 Å². The first-order valence-corrected chi connectivity index (χ1v) is 8.64. The van der Waals surface area contributed by atoms with E-state index >= 15 is 0 Å². The van der Waals surface area contributed by atoms with Gasteiger partial charge < -0.3 is 10.6 Å². The Hall–Kier alpha value is -0.570. The molecule has 1 saturated carbocycles. The van der Waals surface area contributed by atoms with Gasteiger partial charge in [-0.2, -0.15) is 0 Å². The second-order valence-electron chi connectivity index (χ2n) is 7.20. The second kappa shape index (κ2) is 7.44. The predicted molar refractivity (Wildman–Crippen MR) is 83.3 cm³/mol. The van der Waals surface area contributed by atoms with Crippen LogP contribution in [0.2, 0.25) is 0 Å². The molecule has 3 heteroatoms. The molecule has 1 heterocycles. The highest BCUT2D eigenvalue weighted by atomic mass is 16.2. The molecule has 0 aromatic heterocycles. The zero-order valence-electron chi connectivity index (χ0n) is 13.3. The zero-order valence-corrected chi connectivity index (χ0v) is 13.3. The molecule has 1 saturated heterocycles. The first kappa shape index (κ1) is 15.8. The summed E-state index contributed by atoms with van der Waals surface area (Å²) in [7, 11) is 0. The van der Waals surface area contributed by atoms with Crippen LogP contribution < -0.4 is 5.73 Å². The van der Waals surface area contributed by atoms with E-state index in [1.54, 1.807) is 0 Å². The number of carbonyl (C=O) groups excluding carboxylic acids is 1. The second-order valence-corrected chi connectivity index (χ2v) is 7.20. The smallest absolute Gasteiger partial charge is 0.227 e. The highest BCUT2D eigenvalue weighted by Crippen LogP contribution is 2.35. The topological polar surface area (TPSA) is 46.3 Å². The Labute approximate surface area is 124 Å². The molecule has 1 aliphatic carbocycles. The summed E-state index contributed by atoms with van der Waals surface area (Å²) in [6.07, 6.45) is 10.1. The third-order valence-electron chi connectivity index (χ3n) is 5.17. The fourth-order valence-corrected chi connectivity index (χ4v) is 4.18. The molecular weight excluding hydrogens is 248 g/mol. The number of hydrogen-bond donors (Lipinski definition) is 1. The van der Waals surface area contributed by atoms with Crippen molar-refractivity contribution < 1.29 is 4.79 Å². The molecule has 0 spiro atoms. The Morgan fingerprint density at radius 2 is 1.85 bits per heavy atom. The molecule has 3 nitrogen and oxygen atoms in total. The largest absolute Gasteiger partial charge is 0.339 e. The number of carbonyl (C=O) groups is 1. The van der Waals surface area contributed by atoms with Gasteiger partial charge in [-0.1, -0.05) is 33.1 Å². The highest BCUT2D eigenvalue weighted by molar-refractivity contribution is 5.79. The Morgan fingerprint density at radius 1 is 1.15 bits per heavy atom. The van der Waals surface area contributed by atoms with Crippen molar-refractivity contribution >= 4 is 5.91 Å². The number of likely N-dealkylation sites (tertiary alicyclic amines) is 1. The first-order valence-electron chi connectivity index (χ1n) is 8.64. The summed E-state index contributed by atoms with van der Waals surface area (Å²) in [4.78, 5) is 15.0. The van der Waals surface area contributed by atoms with Crippen LogP contribution in [0.3, 0.4) is 0 Å².